The number of aliphatic hydroxyl groups excluding tert-OH is 1. The van der Waals surface area contributed by atoms with Crippen molar-refractivity contribution in [2.24, 2.45) is 0 Å². The smallest absolute Gasteiger partial charge is 0.251 e. The lowest BCUT2D eigenvalue weighted by Gasteiger charge is -2.20. The highest BCUT2D eigenvalue weighted by Gasteiger charge is 2.24. The molecule has 2 rings (SSSR count). The van der Waals surface area contributed by atoms with E-state index in [-0.39, 0.29) is 6.04 Å². The molecule has 1 aromatic heterocycles. The largest absolute Gasteiger partial charge is 0.394 e. The van der Waals surface area contributed by atoms with Gasteiger partial charge in [-0.25, -0.2) is 4.98 Å². The molecule has 0 fully saturated rings. The number of hydrogen-bond acceptors (Lipinski definition) is 5. The lowest BCUT2D eigenvalue weighted by Crippen LogP contribution is -2.49. The van der Waals surface area contributed by atoms with E-state index >= 15 is 0 Å². The fourth-order valence-corrected chi connectivity index (χ4v) is 3.10. The van der Waals surface area contributed by atoms with E-state index < -0.39 is 24.5 Å². The van der Waals surface area contributed by atoms with Crippen LogP contribution in [0.2, 0.25) is 0 Å². The van der Waals surface area contributed by atoms with Crippen LogP contribution in [0.15, 0.2) is 35.7 Å². The summed E-state index contributed by atoms with van der Waals surface area (Å²) in [5.41, 5.74) is 1.34. The van der Waals surface area contributed by atoms with E-state index in [0.29, 0.717) is 12.0 Å². The van der Waals surface area contributed by atoms with Crippen molar-refractivity contribution >= 4 is 23.2 Å². The Bertz CT molecular complexity index is 687. The molecule has 1 heterocycles. The number of nitrogens with zero attached hydrogens (tertiary/aromatic N) is 1. The minimum absolute atomic E-state index is 0.237. The van der Waals surface area contributed by atoms with Crippen molar-refractivity contribution < 1.29 is 14.7 Å². The van der Waals surface area contributed by atoms with Crippen LogP contribution in [-0.2, 0) is 4.79 Å². The Kier molecular flexibility index (Phi) is 6.45. The molecule has 1 aromatic carbocycles. The molecule has 6 nitrogen and oxygen atoms in total. The van der Waals surface area contributed by atoms with Crippen molar-refractivity contribution in [1.82, 2.24) is 15.6 Å². The number of hydrogen-bond donors (Lipinski definition) is 3. The average molecular weight is 347 g/mol. The second kappa shape index (κ2) is 8.56. The van der Waals surface area contributed by atoms with Gasteiger partial charge in [-0.1, -0.05) is 25.1 Å². The molecular weight excluding hydrogens is 326 g/mol. The normalized spacial score (nSPS) is 13.1. The molecule has 2 atom stereocenters. The van der Waals surface area contributed by atoms with Crippen molar-refractivity contribution in [3.05, 3.63) is 52.0 Å². The third kappa shape index (κ3) is 4.62. The van der Waals surface area contributed by atoms with Crippen LogP contribution in [0.1, 0.15) is 40.4 Å². The molecular formula is C17H21N3O3S. The molecule has 0 radical (unpaired) electrons. The van der Waals surface area contributed by atoms with Crippen LogP contribution in [0.5, 0.6) is 0 Å². The monoisotopic (exact) mass is 347 g/mol. The number of nitrogens with one attached hydrogen (secondary N) is 2. The van der Waals surface area contributed by atoms with E-state index in [9.17, 15) is 14.7 Å². The van der Waals surface area contributed by atoms with Crippen molar-refractivity contribution in [3.8, 4) is 0 Å². The SMILES string of the molecule is CC[C@H](NC(=O)[C@@H](CO)NC(=O)c1ccccc1)c1nc(C)cs1. The number of aromatic nitrogens is 1. The molecule has 0 unspecified atom stereocenters. The fraction of sp³-hybridized carbons (Fsp3) is 0.353. The molecule has 24 heavy (non-hydrogen) atoms. The number of thiazole rings is 1. The number of aryl methyl sites for hydroxylation is 1. The summed E-state index contributed by atoms with van der Waals surface area (Å²) in [6.45, 7) is 3.36. The Morgan fingerprint density at radius 1 is 1.25 bits per heavy atom. The van der Waals surface area contributed by atoms with Gasteiger partial charge in [-0.2, -0.15) is 0 Å². The van der Waals surface area contributed by atoms with Gasteiger partial charge in [-0.3, -0.25) is 9.59 Å². The molecule has 0 spiro atoms. The van der Waals surface area contributed by atoms with E-state index in [1.54, 1.807) is 30.3 Å². The molecule has 0 aliphatic heterocycles. The number of carbonyl (C=O) groups is 2. The minimum Gasteiger partial charge on any atom is -0.394 e. The van der Waals surface area contributed by atoms with Gasteiger partial charge in [0.1, 0.15) is 11.0 Å². The van der Waals surface area contributed by atoms with Crippen LogP contribution in [0.3, 0.4) is 0 Å². The zero-order valence-electron chi connectivity index (χ0n) is 13.7. The molecule has 2 amide bonds. The lowest BCUT2D eigenvalue weighted by molar-refractivity contribution is -0.124. The summed E-state index contributed by atoms with van der Waals surface area (Å²) in [4.78, 5) is 28.9. The second-order valence-corrected chi connectivity index (χ2v) is 6.26. The van der Waals surface area contributed by atoms with Crippen molar-refractivity contribution in [2.45, 2.75) is 32.4 Å². The molecule has 0 bridgehead atoms. The van der Waals surface area contributed by atoms with Gasteiger partial charge in [-0.05, 0) is 25.5 Å². The van der Waals surface area contributed by atoms with E-state index in [0.717, 1.165) is 10.7 Å². The van der Waals surface area contributed by atoms with Gasteiger partial charge in [0.15, 0.2) is 0 Å². The summed E-state index contributed by atoms with van der Waals surface area (Å²) in [5, 5.41) is 17.6. The van der Waals surface area contributed by atoms with E-state index in [1.165, 1.54) is 11.3 Å². The standard InChI is InChI=1S/C17H21N3O3S/c1-3-13(17-18-11(2)10-24-17)19-16(23)14(9-21)20-15(22)12-7-5-4-6-8-12/h4-8,10,13-14,21H,3,9H2,1-2H3,(H,19,23)(H,20,22)/t13-,14+/m0/s1. The number of carbonyl (C=O) groups excluding carboxylic acids is 2. The number of aliphatic hydroxyl groups is 1. The molecule has 2 aromatic rings. The Morgan fingerprint density at radius 2 is 1.96 bits per heavy atom. The zero-order chi connectivity index (χ0) is 17.5. The second-order valence-electron chi connectivity index (χ2n) is 5.37. The zero-order valence-corrected chi connectivity index (χ0v) is 14.5. The van der Waals surface area contributed by atoms with E-state index in [2.05, 4.69) is 15.6 Å². The summed E-state index contributed by atoms with van der Waals surface area (Å²) >= 11 is 1.48. The van der Waals surface area contributed by atoms with Crippen LogP contribution < -0.4 is 10.6 Å². The Balaban J connectivity index is 2.01. The molecule has 3 N–H and O–H groups in total. The maximum atomic E-state index is 12.4. The van der Waals surface area contributed by atoms with Gasteiger partial charge >= 0.3 is 0 Å². The summed E-state index contributed by atoms with van der Waals surface area (Å²) in [5.74, 6) is -0.829. The van der Waals surface area contributed by atoms with Crippen LogP contribution in [-0.4, -0.2) is 34.6 Å². The van der Waals surface area contributed by atoms with Crippen molar-refractivity contribution in [3.63, 3.8) is 0 Å². The quantitative estimate of drug-likeness (QED) is 0.712. The van der Waals surface area contributed by atoms with Gasteiger partial charge in [0.25, 0.3) is 5.91 Å². The maximum Gasteiger partial charge on any atom is 0.251 e. The summed E-state index contributed by atoms with van der Waals surface area (Å²) in [6.07, 6.45) is 0.670. The highest BCUT2D eigenvalue weighted by Crippen LogP contribution is 2.20. The first-order valence-corrected chi connectivity index (χ1v) is 8.62. The van der Waals surface area contributed by atoms with Crippen LogP contribution >= 0.6 is 11.3 Å². The first-order chi connectivity index (χ1) is 11.5. The summed E-state index contributed by atoms with van der Waals surface area (Å²) in [7, 11) is 0. The third-order valence-corrected chi connectivity index (χ3v) is 4.58. The van der Waals surface area contributed by atoms with Gasteiger partial charge in [0.2, 0.25) is 5.91 Å². The summed E-state index contributed by atoms with van der Waals surface area (Å²) in [6, 6.07) is 7.33. The highest BCUT2D eigenvalue weighted by atomic mass is 32.1. The fourth-order valence-electron chi connectivity index (χ4n) is 2.17. The Labute approximate surface area is 144 Å². The lowest BCUT2D eigenvalue weighted by atomic mass is 10.1. The topological polar surface area (TPSA) is 91.3 Å². The molecule has 0 aliphatic carbocycles. The molecule has 7 heteroatoms. The Morgan fingerprint density at radius 3 is 2.50 bits per heavy atom. The first-order valence-electron chi connectivity index (χ1n) is 7.74. The number of rotatable bonds is 7. The third-order valence-electron chi connectivity index (χ3n) is 3.50. The predicted molar refractivity (Wildman–Crippen MR) is 92.8 cm³/mol. The minimum atomic E-state index is -1.01. The van der Waals surface area contributed by atoms with Crippen molar-refractivity contribution in [1.29, 1.82) is 0 Å². The predicted octanol–water partition coefficient (Wildman–Crippen LogP) is 1.81. The first kappa shape index (κ1) is 18.1. The average Bonchev–Trinajstić information content (AvgIpc) is 3.04. The molecule has 0 aliphatic rings. The number of amides is 2. The number of benzene rings is 1. The Hall–Kier alpha value is -2.25. The van der Waals surface area contributed by atoms with Gasteiger partial charge in [0, 0.05) is 16.6 Å². The van der Waals surface area contributed by atoms with Gasteiger partial charge in [-0.15, -0.1) is 11.3 Å². The van der Waals surface area contributed by atoms with E-state index in [4.69, 9.17) is 0 Å². The summed E-state index contributed by atoms with van der Waals surface area (Å²) < 4.78 is 0. The van der Waals surface area contributed by atoms with Crippen LogP contribution in [0.4, 0.5) is 0 Å². The molecule has 0 saturated carbocycles. The highest BCUT2D eigenvalue weighted by molar-refractivity contribution is 7.09. The molecule has 128 valence electrons. The molecule has 0 saturated heterocycles. The van der Waals surface area contributed by atoms with Crippen molar-refractivity contribution in [2.75, 3.05) is 6.61 Å². The van der Waals surface area contributed by atoms with Gasteiger partial charge < -0.3 is 15.7 Å². The van der Waals surface area contributed by atoms with E-state index in [1.807, 2.05) is 19.2 Å². The van der Waals surface area contributed by atoms with Gasteiger partial charge in [0.05, 0.1) is 12.6 Å². The maximum absolute atomic E-state index is 12.4. The van der Waals surface area contributed by atoms with Crippen LogP contribution in [0, 0.1) is 6.92 Å². The van der Waals surface area contributed by atoms with Crippen LogP contribution in [0.25, 0.3) is 0 Å².